The number of likely N-dealkylation sites (tertiary alicyclic amines) is 1. The first kappa shape index (κ1) is 21.1. The van der Waals surface area contributed by atoms with Gasteiger partial charge in [-0.05, 0) is 57.7 Å². The predicted molar refractivity (Wildman–Crippen MR) is 110 cm³/mol. The lowest BCUT2D eigenvalue weighted by Gasteiger charge is -2.32. The van der Waals surface area contributed by atoms with Crippen LogP contribution in [0.25, 0.3) is 0 Å². The summed E-state index contributed by atoms with van der Waals surface area (Å²) in [7, 11) is 0. The molecular formula is C22H31N3O4. The van der Waals surface area contributed by atoms with Gasteiger partial charge in [-0.1, -0.05) is 12.1 Å². The van der Waals surface area contributed by atoms with Crippen LogP contribution in [0.5, 0.6) is 0 Å². The molecule has 2 aliphatic rings. The van der Waals surface area contributed by atoms with Crippen LogP contribution in [0.4, 0.5) is 10.5 Å². The van der Waals surface area contributed by atoms with Crippen molar-refractivity contribution in [2.45, 2.75) is 58.6 Å². The van der Waals surface area contributed by atoms with Crippen molar-refractivity contribution in [1.82, 2.24) is 10.2 Å². The minimum Gasteiger partial charge on any atom is -0.444 e. The molecule has 29 heavy (non-hydrogen) atoms. The molecule has 158 valence electrons. The van der Waals surface area contributed by atoms with Crippen LogP contribution in [0.1, 0.15) is 52.0 Å². The fourth-order valence-electron chi connectivity index (χ4n) is 3.70. The van der Waals surface area contributed by atoms with Gasteiger partial charge in [0.05, 0.1) is 0 Å². The lowest BCUT2D eigenvalue weighted by Crippen LogP contribution is -2.44. The van der Waals surface area contributed by atoms with Crippen LogP contribution in [-0.4, -0.2) is 48.0 Å². The molecule has 0 spiro atoms. The molecule has 3 amide bonds. The molecule has 0 unspecified atom stereocenters. The van der Waals surface area contributed by atoms with Crippen LogP contribution in [0, 0.1) is 5.92 Å². The lowest BCUT2D eigenvalue weighted by molar-refractivity contribution is -0.126. The second kappa shape index (κ2) is 8.84. The number of carbonyl (C=O) groups is 3. The standard InChI is InChI=1S/C22H31N3O4/c1-22(2,3)29-21(28)24-13-10-17(11-14-24)20(27)23-15-16-6-8-18(9-7-16)25-12-4-5-19(25)26/h6-9,17H,4-5,10-15H2,1-3H3,(H,23,27). The van der Waals surface area contributed by atoms with E-state index < -0.39 is 5.60 Å². The summed E-state index contributed by atoms with van der Waals surface area (Å²) in [5.41, 5.74) is 1.40. The lowest BCUT2D eigenvalue weighted by atomic mass is 9.96. The third-order valence-corrected chi connectivity index (χ3v) is 5.31. The number of carbonyl (C=O) groups excluding carboxylic acids is 3. The van der Waals surface area contributed by atoms with Gasteiger partial charge in [-0.3, -0.25) is 9.59 Å². The highest BCUT2D eigenvalue weighted by atomic mass is 16.6. The van der Waals surface area contributed by atoms with Crippen LogP contribution in [0.3, 0.4) is 0 Å². The summed E-state index contributed by atoms with van der Waals surface area (Å²) in [6.45, 7) is 7.84. The molecule has 2 fully saturated rings. The van der Waals surface area contributed by atoms with Crippen molar-refractivity contribution in [2.75, 3.05) is 24.5 Å². The van der Waals surface area contributed by atoms with E-state index in [0.717, 1.165) is 24.2 Å². The number of benzene rings is 1. The number of amides is 3. The highest BCUT2D eigenvalue weighted by molar-refractivity contribution is 5.95. The monoisotopic (exact) mass is 401 g/mol. The van der Waals surface area contributed by atoms with Crippen molar-refractivity contribution in [3.63, 3.8) is 0 Å². The number of nitrogens with zero attached hydrogens (tertiary/aromatic N) is 2. The molecule has 1 aromatic rings. The zero-order valence-electron chi connectivity index (χ0n) is 17.6. The SMILES string of the molecule is CC(C)(C)OC(=O)N1CCC(C(=O)NCc2ccc(N3CCCC3=O)cc2)CC1. The van der Waals surface area contributed by atoms with Gasteiger partial charge in [0.25, 0.3) is 0 Å². The van der Waals surface area contributed by atoms with E-state index in [1.807, 2.05) is 45.0 Å². The van der Waals surface area contributed by atoms with Crippen LogP contribution < -0.4 is 10.2 Å². The maximum absolute atomic E-state index is 12.5. The topological polar surface area (TPSA) is 79.0 Å². The molecule has 2 aliphatic heterocycles. The zero-order valence-corrected chi connectivity index (χ0v) is 17.6. The van der Waals surface area contributed by atoms with Crippen molar-refractivity contribution in [3.8, 4) is 0 Å². The molecule has 7 nitrogen and oxygen atoms in total. The van der Waals surface area contributed by atoms with Crippen molar-refractivity contribution >= 4 is 23.6 Å². The number of hydrogen-bond acceptors (Lipinski definition) is 4. The van der Waals surface area contributed by atoms with Gasteiger partial charge in [0, 0.05) is 44.2 Å². The van der Waals surface area contributed by atoms with Gasteiger partial charge in [-0.25, -0.2) is 4.79 Å². The average Bonchev–Trinajstić information content (AvgIpc) is 3.11. The normalized spacial score (nSPS) is 18.1. The van der Waals surface area contributed by atoms with Crippen molar-refractivity contribution in [1.29, 1.82) is 0 Å². The Bertz CT molecular complexity index is 746. The van der Waals surface area contributed by atoms with Gasteiger partial charge in [0.1, 0.15) is 5.60 Å². The summed E-state index contributed by atoms with van der Waals surface area (Å²) in [4.78, 5) is 39.9. The second-order valence-corrected chi connectivity index (χ2v) is 8.77. The number of anilines is 1. The Morgan fingerprint density at radius 1 is 1.10 bits per heavy atom. The predicted octanol–water partition coefficient (Wildman–Crippen LogP) is 3.08. The number of piperidine rings is 1. The van der Waals surface area contributed by atoms with Gasteiger partial charge in [-0.2, -0.15) is 0 Å². The molecule has 0 radical (unpaired) electrons. The molecule has 0 saturated carbocycles. The third-order valence-electron chi connectivity index (χ3n) is 5.31. The molecule has 1 N–H and O–H groups in total. The van der Waals surface area contributed by atoms with Gasteiger partial charge in [0.15, 0.2) is 0 Å². The van der Waals surface area contributed by atoms with E-state index in [1.54, 1.807) is 9.80 Å². The minimum atomic E-state index is -0.511. The van der Waals surface area contributed by atoms with E-state index in [2.05, 4.69) is 5.32 Å². The van der Waals surface area contributed by atoms with Crippen LogP contribution in [0.15, 0.2) is 24.3 Å². The zero-order chi connectivity index (χ0) is 21.0. The highest BCUT2D eigenvalue weighted by Gasteiger charge is 2.29. The molecule has 2 saturated heterocycles. The first-order valence-corrected chi connectivity index (χ1v) is 10.4. The van der Waals surface area contributed by atoms with E-state index in [-0.39, 0.29) is 23.8 Å². The first-order valence-electron chi connectivity index (χ1n) is 10.4. The Morgan fingerprint density at radius 2 is 1.76 bits per heavy atom. The van der Waals surface area contributed by atoms with Crippen LogP contribution >= 0.6 is 0 Å². The Balaban J connectivity index is 1.43. The van der Waals surface area contributed by atoms with Crippen LogP contribution in [-0.2, 0) is 20.9 Å². The molecule has 7 heteroatoms. The van der Waals surface area contributed by atoms with Gasteiger partial charge in [-0.15, -0.1) is 0 Å². The smallest absolute Gasteiger partial charge is 0.410 e. The molecule has 1 aromatic carbocycles. The van der Waals surface area contributed by atoms with E-state index in [0.29, 0.717) is 38.9 Å². The van der Waals surface area contributed by atoms with Gasteiger partial charge >= 0.3 is 6.09 Å². The van der Waals surface area contributed by atoms with Crippen LogP contribution in [0.2, 0.25) is 0 Å². The van der Waals surface area contributed by atoms with E-state index >= 15 is 0 Å². The molecule has 2 heterocycles. The largest absolute Gasteiger partial charge is 0.444 e. The minimum absolute atomic E-state index is 0.0210. The summed E-state index contributed by atoms with van der Waals surface area (Å²) in [6, 6.07) is 7.77. The maximum Gasteiger partial charge on any atom is 0.410 e. The van der Waals surface area contributed by atoms with Crippen molar-refractivity contribution in [2.24, 2.45) is 5.92 Å². The summed E-state index contributed by atoms with van der Waals surface area (Å²) in [6.07, 6.45) is 2.49. The quantitative estimate of drug-likeness (QED) is 0.841. The fraction of sp³-hybridized carbons (Fsp3) is 0.591. The molecule has 3 rings (SSSR count). The number of hydrogen-bond donors (Lipinski definition) is 1. The summed E-state index contributed by atoms with van der Waals surface area (Å²) in [5.74, 6) is 0.103. The molecular weight excluding hydrogens is 370 g/mol. The number of nitrogens with one attached hydrogen (secondary N) is 1. The summed E-state index contributed by atoms with van der Waals surface area (Å²) >= 11 is 0. The molecule has 0 atom stereocenters. The van der Waals surface area contributed by atoms with E-state index in [4.69, 9.17) is 4.74 Å². The number of ether oxygens (including phenoxy) is 1. The van der Waals surface area contributed by atoms with Crippen molar-refractivity contribution in [3.05, 3.63) is 29.8 Å². The summed E-state index contributed by atoms with van der Waals surface area (Å²) < 4.78 is 5.39. The Kier molecular flexibility index (Phi) is 6.45. The Morgan fingerprint density at radius 3 is 2.31 bits per heavy atom. The second-order valence-electron chi connectivity index (χ2n) is 8.77. The average molecular weight is 402 g/mol. The molecule has 0 aliphatic carbocycles. The van der Waals surface area contributed by atoms with E-state index in [9.17, 15) is 14.4 Å². The first-order chi connectivity index (χ1) is 13.7. The Hall–Kier alpha value is -2.57. The Labute approximate surface area is 172 Å². The maximum atomic E-state index is 12.5. The van der Waals surface area contributed by atoms with Gasteiger partial charge < -0.3 is 19.9 Å². The summed E-state index contributed by atoms with van der Waals surface area (Å²) in [5, 5.41) is 2.99. The van der Waals surface area contributed by atoms with Crippen molar-refractivity contribution < 1.29 is 19.1 Å². The highest BCUT2D eigenvalue weighted by Crippen LogP contribution is 2.22. The third kappa shape index (κ3) is 5.71. The molecule has 0 aromatic heterocycles. The van der Waals surface area contributed by atoms with E-state index in [1.165, 1.54) is 0 Å². The fourth-order valence-corrected chi connectivity index (χ4v) is 3.70. The molecule has 0 bridgehead atoms. The van der Waals surface area contributed by atoms with Gasteiger partial charge in [0.2, 0.25) is 11.8 Å². The number of rotatable bonds is 4.